The number of benzene rings is 1. The number of hydrogen-bond acceptors (Lipinski definition) is 1. The number of nitrogens with one attached hydrogen (secondary N) is 1. The quantitative estimate of drug-likeness (QED) is 0.655. The molecule has 3 heteroatoms. The second-order valence-corrected chi connectivity index (χ2v) is 3.29. The Morgan fingerprint density at radius 1 is 1.50 bits per heavy atom. The molecule has 1 aliphatic rings. The first-order valence-corrected chi connectivity index (χ1v) is 4.33. The summed E-state index contributed by atoms with van der Waals surface area (Å²) in [7, 11) is 0. The van der Waals surface area contributed by atoms with Crippen LogP contribution in [0.5, 0.6) is 0 Å². The minimum Gasteiger partial charge on any atom is -0.383 e. The number of hydrogen-bond donors (Lipinski definition) is 1. The number of anilines is 1. The number of rotatable bonds is 0. The summed E-state index contributed by atoms with van der Waals surface area (Å²) in [6.45, 7) is 0.665. The molecule has 1 aliphatic heterocycles. The van der Waals surface area contributed by atoms with Gasteiger partial charge in [-0.05, 0) is 6.07 Å². The van der Waals surface area contributed by atoms with Gasteiger partial charge >= 0.3 is 0 Å². The van der Waals surface area contributed by atoms with Crippen molar-refractivity contribution in [1.29, 1.82) is 0 Å². The summed E-state index contributed by atoms with van der Waals surface area (Å²) in [6.07, 6.45) is -0.326. The van der Waals surface area contributed by atoms with Crippen LogP contribution in [0.4, 0.5) is 10.1 Å². The van der Waals surface area contributed by atoms with E-state index in [1.165, 1.54) is 0 Å². The van der Waals surface area contributed by atoms with Gasteiger partial charge in [0, 0.05) is 18.5 Å². The summed E-state index contributed by atoms with van der Waals surface area (Å²) in [5.41, 5.74) is 1.45. The zero-order valence-corrected chi connectivity index (χ0v) is 7.24. The summed E-state index contributed by atoms with van der Waals surface area (Å²) in [5, 5.41) is 3.70. The van der Waals surface area contributed by atoms with Gasteiger partial charge in [0.05, 0.1) is 10.7 Å². The minimum atomic E-state index is -0.861. The van der Waals surface area contributed by atoms with Gasteiger partial charge in [-0.1, -0.05) is 23.7 Å². The second-order valence-electron chi connectivity index (χ2n) is 2.89. The fourth-order valence-corrected chi connectivity index (χ4v) is 1.72. The van der Waals surface area contributed by atoms with E-state index in [0.717, 1.165) is 5.69 Å². The topological polar surface area (TPSA) is 12.0 Å². The number of fused-ring (bicyclic) bond motifs is 1. The van der Waals surface area contributed by atoms with E-state index in [2.05, 4.69) is 5.32 Å². The van der Waals surface area contributed by atoms with Crippen LogP contribution in [0.25, 0.3) is 0 Å². The minimum absolute atomic E-state index is 0.535. The Hall–Kier alpha value is -0.760. The molecule has 0 saturated heterocycles. The first-order valence-electron chi connectivity index (χ1n) is 3.95. The van der Waals surface area contributed by atoms with Crippen molar-refractivity contribution in [2.75, 3.05) is 11.9 Å². The Morgan fingerprint density at radius 2 is 2.33 bits per heavy atom. The Balaban J connectivity index is 2.52. The molecule has 1 aromatic rings. The number of para-hydroxylation sites is 1. The molecule has 1 heterocycles. The van der Waals surface area contributed by atoms with Crippen LogP contribution in [0.15, 0.2) is 18.2 Å². The SMILES string of the molecule is FC1CCNc2c(Cl)cccc21. The molecule has 1 unspecified atom stereocenters. The molecule has 1 N–H and O–H groups in total. The van der Waals surface area contributed by atoms with Gasteiger partial charge < -0.3 is 5.32 Å². The second kappa shape index (κ2) is 2.94. The van der Waals surface area contributed by atoms with Crippen molar-refractivity contribution < 1.29 is 4.39 Å². The van der Waals surface area contributed by atoms with E-state index in [0.29, 0.717) is 23.6 Å². The highest BCUT2D eigenvalue weighted by Crippen LogP contribution is 2.36. The normalized spacial score (nSPS) is 21.3. The van der Waals surface area contributed by atoms with E-state index in [1.54, 1.807) is 18.2 Å². The molecule has 2 rings (SSSR count). The van der Waals surface area contributed by atoms with Crippen molar-refractivity contribution in [3.63, 3.8) is 0 Å². The maximum absolute atomic E-state index is 13.3. The fraction of sp³-hybridized carbons (Fsp3) is 0.333. The predicted molar refractivity (Wildman–Crippen MR) is 48.4 cm³/mol. The molecule has 64 valence electrons. The van der Waals surface area contributed by atoms with Gasteiger partial charge in [-0.3, -0.25) is 0 Å². The zero-order valence-electron chi connectivity index (χ0n) is 6.48. The van der Waals surface area contributed by atoms with E-state index < -0.39 is 6.17 Å². The Labute approximate surface area is 75.5 Å². The lowest BCUT2D eigenvalue weighted by Crippen LogP contribution is -2.14. The maximum Gasteiger partial charge on any atom is 0.129 e. The molecule has 0 amide bonds. The molecule has 0 bridgehead atoms. The van der Waals surface area contributed by atoms with Gasteiger partial charge in [0.1, 0.15) is 6.17 Å². The van der Waals surface area contributed by atoms with Crippen molar-refractivity contribution in [1.82, 2.24) is 0 Å². The smallest absolute Gasteiger partial charge is 0.129 e. The molecule has 1 aromatic carbocycles. The third-order valence-electron chi connectivity index (χ3n) is 2.08. The molecular formula is C9H9ClFN. The van der Waals surface area contributed by atoms with Gasteiger partial charge in [0.2, 0.25) is 0 Å². The first-order chi connectivity index (χ1) is 5.79. The van der Waals surface area contributed by atoms with Crippen LogP contribution < -0.4 is 5.32 Å². The Bertz CT molecular complexity index is 301. The molecule has 0 radical (unpaired) electrons. The van der Waals surface area contributed by atoms with Crippen molar-refractivity contribution in [3.8, 4) is 0 Å². The lowest BCUT2D eigenvalue weighted by molar-refractivity contribution is 0.325. The third-order valence-corrected chi connectivity index (χ3v) is 2.40. The number of alkyl halides is 1. The molecule has 1 nitrogen and oxygen atoms in total. The van der Waals surface area contributed by atoms with Gasteiger partial charge in [-0.15, -0.1) is 0 Å². The lowest BCUT2D eigenvalue weighted by Gasteiger charge is -2.21. The predicted octanol–water partition coefficient (Wildman–Crippen LogP) is 3.17. The highest BCUT2D eigenvalue weighted by Gasteiger charge is 2.20. The summed E-state index contributed by atoms with van der Waals surface area (Å²) in [4.78, 5) is 0. The fourth-order valence-electron chi connectivity index (χ4n) is 1.47. The van der Waals surface area contributed by atoms with Crippen LogP contribution in [0.3, 0.4) is 0 Å². The van der Waals surface area contributed by atoms with Crippen LogP contribution in [0, 0.1) is 0 Å². The third kappa shape index (κ3) is 1.16. The van der Waals surface area contributed by atoms with Gasteiger partial charge in [-0.2, -0.15) is 0 Å². The van der Waals surface area contributed by atoms with Crippen LogP contribution in [0.2, 0.25) is 5.02 Å². The van der Waals surface area contributed by atoms with E-state index in [4.69, 9.17) is 11.6 Å². The maximum atomic E-state index is 13.3. The zero-order chi connectivity index (χ0) is 8.55. The molecule has 0 saturated carbocycles. The Morgan fingerprint density at radius 3 is 3.08 bits per heavy atom. The van der Waals surface area contributed by atoms with Crippen LogP contribution >= 0.6 is 11.6 Å². The summed E-state index contributed by atoms with van der Waals surface area (Å²) in [5.74, 6) is 0. The molecule has 0 spiro atoms. The van der Waals surface area contributed by atoms with Crippen molar-refractivity contribution >= 4 is 17.3 Å². The lowest BCUT2D eigenvalue weighted by atomic mass is 10.0. The van der Waals surface area contributed by atoms with Crippen molar-refractivity contribution in [3.05, 3.63) is 28.8 Å². The molecule has 12 heavy (non-hydrogen) atoms. The average molecular weight is 186 g/mol. The summed E-state index contributed by atoms with van der Waals surface area (Å²) in [6, 6.07) is 5.32. The largest absolute Gasteiger partial charge is 0.383 e. The van der Waals surface area contributed by atoms with Crippen LogP contribution in [-0.2, 0) is 0 Å². The monoisotopic (exact) mass is 185 g/mol. The van der Waals surface area contributed by atoms with Crippen LogP contribution in [-0.4, -0.2) is 6.54 Å². The van der Waals surface area contributed by atoms with Crippen LogP contribution in [0.1, 0.15) is 18.2 Å². The highest BCUT2D eigenvalue weighted by atomic mass is 35.5. The van der Waals surface area contributed by atoms with E-state index in [9.17, 15) is 4.39 Å². The van der Waals surface area contributed by atoms with E-state index in [-0.39, 0.29) is 0 Å². The standard InChI is InChI=1S/C9H9ClFN/c10-7-3-1-2-6-8(11)4-5-12-9(6)7/h1-3,8,12H,4-5H2. The van der Waals surface area contributed by atoms with Gasteiger partial charge in [0.25, 0.3) is 0 Å². The molecule has 0 aliphatic carbocycles. The summed E-state index contributed by atoms with van der Waals surface area (Å²) >= 11 is 5.88. The van der Waals surface area contributed by atoms with Gasteiger partial charge in [0.15, 0.2) is 0 Å². The van der Waals surface area contributed by atoms with E-state index in [1.807, 2.05) is 0 Å². The van der Waals surface area contributed by atoms with Gasteiger partial charge in [-0.25, -0.2) is 4.39 Å². The van der Waals surface area contributed by atoms with Crippen molar-refractivity contribution in [2.45, 2.75) is 12.6 Å². The first kappa shape index (κ1) is 7.87. The molecule has 0 aromatic heterocycles. The average Bonchev–Trinajstić information content (AvgIpc) is 2.07. The Kier molecular flexibility index (Phi) is 1.93. The molecular weight excluding hydrogens is 177 g/mol. The molecule has 0 fully saturated rings. The molecule has 1 atom stereocenters. The number of halogens is 2. The highest BCUT2D eigenvalue weighted by molar-refractivity contribution is 6.33. The summed E-state index contributed by atoms with van der Waals surface area (Å²) < 4.78 is 13.3. The van der Waals surface area contributed by atoms with E-state index >= 15 is 0 Å². The van der Waals surface area contributed by atoms with Crippen molar-refractivity contribution in [2.24, 2.45) is 0 Å².